The molecule has 0 unspecified atom stereocenters. The summed E-state index contributed by atoms with van der Waals surface area (Å²) in [6.07, 6.45) is 6.55. The van der Waals surface area contributed by atoms with E-state index in [0.29, 0.717) is 11.3 Å². The van der Waals surface area contributed by atoms with Crippen LogP contribution in [0.3, 0.4) is 0 Å². The molecule has 0 aliphatic heterocycles. The summed E-state index contributed by atoms with van der Waals surface area (Å²) in [5.41, 5.74) is 3.24. The first-order chi connectivity index (χ1) is 16.2. The van der Waals surface area contributed by atoms with Crippen molar-refractivity contribution in [2.45, 2.75) is 51.3 Å². The summed E-state index contributed by atoms with van der Waals surface area (Å²) >= 11 is 2.22. The molecular weight excluding hydrogens is 567 g/mol. The highest BCUT2D eigenvalue weighted by Gasteiger charge is 2.32. The molecule has 3 heterocycles. The quantitative estimate of drug-likeness (QED) is 0.353. The number of carbonyl (C=O) groups is 2. The fourth-order valence-electron chi connectivity index (χ4n) is 3.86. The molecule has 1 aliphatic carbocycles. The summed E-state index contributed by atoms with van der Waals surface area (Å²) in [4.78, 5) is 33.4. The molecule has 1 aliphatic rings. The molecule has 0 radical (unpaired) electrons. The van der Waals surface area contributed by atoms with Crippen LogP contribution in [0, 0.1) is 0 Å². The van der Waals surface area contributed by atoms with Crippen molar-refractivity contribution < 1.29 is 14.3 Å². The molecule has 9 nitrogen and oxygen atoms in total. The standard InChI is InChI=1S/C23H27IN6O3S/c1-23(2,3)33-22(32)29-15-10-14(11-15)28-19-16-6-8-30(34-24)20(16)27-12-17(19)18-9-13(5-7-26-18)21(31)25-4/h5-9,12,14-15H,10-11H2,1-4H3,(H,25,31)(H,27,28)(H,29,32)/t14-,15+. The zero-order chi connectivity index (χ0) is 24.5. The van der Waals surface area contributed by atoms with Crippen molar-refractivity contribution in [2.75, 3.05) is 12.4 Å². The molecule has 1 saturated carbocycles. The molecule has 1 fully saturated rings. The maximum Gasteiger partial charge on any atom is 0.407 e. The monoisotopic (exact) mass is 594 g/mol. The summed E-state index contributed by atoms with van der Waals surface area (Å²) in [5.74, 6) is -0.172. The van der Waals surface area contributed by atoms with Gasteiger partial charge < -0.3 is 20.7 Å². The highest BCUT2D eigenvalue weighted by molar-refractivity contribution is 14.2. The van der Waals surface area contributed by atoms with Crippen LogP contribution in [0.2, 0.25) is 0 Å². The molecule has 3 N–H and O–H groups in total. The Morgan fingerprint density at radius 3 is 2.65 bits per heavy atom. The van der Waals surface area contributed by atoms with Gasteiger partial charge in [0, 0.05) is 84.6 Å². The number of anilines is 1. The highest BCUT2D eigenvalue weighted by atomic mass is 127. The SMILES string of the molecule is CNC(=O)c1ccnc(-c2cnc3c(ccn3SI)c2N[C@H]2C[C@@H](NC(=O)OC(C)(C)C)C2)c1. The van der Waals surface area contributed by atoms with Crippen LogP contribution in [0.5, 0.6) is 0 Å². The average Bonchev–Trinajstić information content (AvgIpc) is 3.19. The molecule has 180 valence electrons. The fourth-order valence-corrected chi connectivity index (χ4v) is 5.13. The lowest BCUT2D eigenvalue weighted by atomic mass is 9.86. The number of nitrogens with zero attached hydrogens (tertiary/aromatic N) is 3. The predicted molar refractivity (Wildman–Crippen MR) is 143 cm³/mol. The molecule has 0 saturated heterocycles. The third-order valence-electron chi connectivity index (χ3n) is 5.49. The van der Waals surface area contributed by atoms with Crippen molar-refractivity contribution in [2.24, 2.45) is 0 Å². The number of alkyl carbamates (subject to hydrolysis) is 1. The number of pyridine rings is 2. The fraction of sp³-hybridized carbons (Fsp3) is 0.391. The lowest BCUT2D eigenvalue weighted by Gasteiger charge is -2.37. The van der Waals surface area contributed by atoms with E-state index in [-0.39, 0.29) is 18.0 Å². The van der Waals surface area contributed by atoms with Crippen LogP contribution in [0.15, 0.2) is 36.8 Å². The van der Waals surface area contributed by atoms with E-state index in [2.05, 4.69) is 47.1 Å². The first-order valence-electron chi connectivity index (χ1n) is 10.9. The number of fused-ring (bicyclic) bond motifs is 1. The van der Waals surface area contributed by atoms with Gasteiger partial charge in [-0.05, 0) is 51.8 Å². The number of amides is 2. The number of carbonyl (C=O) groups excluding carboxylic acids is 2. The largest absolute Gasteiger partial charge is 0.444 e. The van der Waals surface area contributed by atoms with Gasteiger partial charge in [0.25, 0.3) is 5.91 Å². The van der Waals surface area contributed by atoms with Crippen LogP contribution in [0.4, 0.5) is 10.5 Å². The topological polar surface area (TPSA) is 110 Å². The third kappa shape index (κ3) is 5.40. The van der Waals surface area contributed by atoms with Gasteiger partial charge in [0.1, 0.15) is 5.60 Å². The number of hydrogen-bond donors (Lipinski definition) is 3. The Kier molecular flexibility index (Phi) is 7.22. The Bertz CT molecular complexity index is 1220. The van der Waals surface area contributed by atoms with E-state index in [1.807, 2.05) is 37.0 Å². The van der Waals surface area contributed by atoms with Crippen molar-refractivity contribution >= 4 is 59.0 Å². The van der Waals surface area contributed by atoms with Gasteiger partial charge in [-0.3, -0.25) is 13.8 Å². The third-order valence-corrected chi connectivity index (χ3v) is 7.20. The Morgan fingerprint density at radius 1 is 1.21 bits per heavy atom. The number of rotatable bonds is 6. The van der Waals surface area contributed by atoms with E-state index < -0.39 is 11.7 Å². The second-order valence-corrected chi connectivity index (χ2v) is 10.9. The van der Waals surface area contributed by atoms with Crippen molar-refractivity contribution in [1.29, 1.82) is 0 Å². The maximum atomic E-state index is 12.2. The van der Waals surface area contributed by atoms with Crippen LogP contribution >= 0.6 is 30.3 Å². The highest BCUT2D eigenvalue weighted by Crippen LogP contribution is 2.38. The van der Waals surface area contributed by atoms with E-state index in [1.165, 1.54) is 0 Å². The van der Waals surface area contributed by atoms with Crippen LogP contribution in [0.25, 0.3) is 22.3 Å². The second kappa shape index (κ2) is 9.98. The maximum absolute atomic E-state index is 12.2. The van der Waals surface area contributed by atoms with Crippen molar-refractivity contribution in [3.05, 3.63) is 42.4 Å². The zero-order valence-corrected chi connectivity index (χ0v) is 22.4. The van der Waals surface area contributed by atoms with Crippen molar-refractivity contribution in [3.63, 3.8) is 0 Å². The van der Waals surface area contributed by atoms with Crippen molar-refractivity contribution in [1.82, 2.24) is 24.6 Å². The van der Waals surface area contributed by atoms with Gasteiger partial charge in [-0.2, -0.15) is 0 Å². The minimum Gasteiger partial charge on any atom is -0.444 e. The lowest BCUT2D eigenvalue weighted by molar-refractivity contribution is 0.0475. The molecule has 0 bridgehead atoms. The Balaban J connectivity index is 1.59. The first-order valence-corrected chi connectivity index (χ1v) is 14.2. The van der Waals surface area contributed by atoms with Gasteiger partial charge in [0.2, 0.25) is 0 Å². The molecule has 2 amide bonds. The average molecular weight is 594 g/mol. The van der Waals surface area contributed by atoms with Gasteiger partial charge >= 0.3 is 6.09 Å². The van der Waals surface area contributed by atoms with Gasteiger partial charge in [-0.25, -0.2) is 9.78 Å². The smallest absolute Gasteiger partial charge is 0.407 e. The van der Waals surface area contributed by atoms with E-state index in [9.17, 15) is 9.59 Å². The first kappa shape index (κ1) is 24.6. The van der Waals surface area contributed by atoms with E-state index in [0.717, 1.165) is 35.1 Å². The molecule has 0 spiro atoms. The van der Waals surface area contributed by atoms with Crippen molar-refractivity contribution in [3.8, 4) is 11.3 Å². The summed E-state index contributed by atoms with van der Waals surface area (Å²) in [6.45, 7) is 5.55. The summed E-state index contributed by atoms with van der Waals surface area (Å²) in [7, 11) is 3.14. The molecule has 3 aromatic heterocycles. The number of hydrogen-bond acceptors (Lipinski definition) is 7. The minimum absolute atomic E-state index is 0.0531. The molecule has 3 aromatic rings. The van der Waals surface area contributed by atoms with Crippen LogP contribution in [-0.4, -0.2) is 50.7 Å². The van der Waals surface area contributed by atoms with Gasteiger partial charge in [0.15, 0.2) is 5.65 Å². The number of halogens is 1. The summed E-state index contributed by atoms with van der Waals surface area (Å²) in [6, 6.07) is 5.70. The van der Waals surface area contributed by atoms with E-state index in [1.54, 1.807) is 40.7 Å². The van der Waals surface area contributed by atoms with Crippen LogP contribution in [-0.2, 0) is 4.74 Å². The van der Waals surface area contributed by atoms with E-state index in [4.69, 9.17) is 4.74 Å². The molecule has 0 aromatic carbocycles. The normalized spacial score (nSPS) is 17.7. The zero-order valence-electron chi connectivity index (χ0n) is 19.4. The van der Waals surface area contributed by atoms with Gasteiger partial charge in [0.05, 0.1) is 11.4 Å². The number of aromatic nitrogens is 3. The molecule has 11 heteroatoms. The predicted octanol–water partition coefficient (Wildman–Crippen LogP) is 4.77. The number of nitrogens with one attached hydrogen (secondary N) is 3. The van der Waals surface area contributed by atoms with Crippen LogP contribution < -0.4 is 16.0 Å². The molecular formula is C23H27IN6O3S. The Hall–Kier alpha value is -2.54. The second-order valence-electron chi connectivity index (χ2n) is 9.16. The number of ether oxygens (including phenoxy) is 1. The van der Waals surface area contributed by atoms with Gasteiger partial charge in [-0.1, -0.05) is 0 Å². The Morgan fingerprint density at radius 2 is 1.97 bits per heavy atom. The Labute approximate surface area is 214 Å². The summed E-state index contributed by atoms with van der Waals surface area (Å²) in [5, 5.41) is 10.2. The molecule has 0 atom stereocenters. The van der Waals surface area contributed by atoms with Crippen LogP contribution in [0.1, 0.15) is 44.0 Å². The van der Waals surface area contributed by atoms with Gasteiger partial charge in [-0.15, -0.1) is 0 Å². The molecule has 4 rings (SSSR count). The summed E-state index contributed by atoms with van der Waals surface area (Å²) < 4.78 is 7.35. The minimum atomic E-state index is -0.525. The van der Waals surface area contributed by atoms with E-state index >= 15 is 0 Å². The molecule has 34 heavy (non-hydrogen) atoms. The lowest BCUT2D eigenvalue weighted by Crippen LogP contribution is -2.50.